The molecule has 0 unspecified atom stereocenters. The van der Waals surface area contributed by atoms with Crippen molar-refractivity contribution in [2.24, 2.45) is 0 Å². The number of thiophene rings is 1. The smallest absolute Gasteiger partial charge is 0.219 e. The average molecular weight is 511 g/mol. The Morgan fingerprint density at radius 2 is 1.83 bits per heavy atom. The topological polar surface area (TPSA) is 126 Å². The first-order valence-electron chi connectivity index (χ1n) is 11.6. The van der Waals surface area contributed by atoms with Gasteiger partial charge in [0.1, 0.15) is 10.6 Å². The molecule has 2 fully saturated rings. The van der Waals surface area contributed by atoms with E-state index in [9.17, 15) is 5.11 Å². The maximum Gasteiger partial charge on any atom is 0.219 e. The molecule has 4 aromatic rings. The van der Waals surface area contributed by atoms with Crippen molar-refractivity contribution in [2.75, 3.05) is 50.0 Å². The summed E-state index contributed by atoms with van der Waals surface area (Å²) in [6.45, 7) is 5.40. The molecule has 2 aliphatic rings. The van der Waals surface area contributed by atoms with Gasteiger partial charge in [-0.1, -0.05) is 0 Å². The molecule has 0 spiro atoms. The Kier molecular flexibility index (Phi) is 6.06. The second-order valence-corrected chi connectivity index (χ2v) is 10.9. The summed E-state index contributed by atoms with van der Waals surface area (Å²) >= 11 is 3.27. The van der Waals surface area contributed by atoms with Crippen LogP contribution < -0.4 is 10.6 Å². The minimum absolute atomic E-state index is 0.226. The van der Waals surface area contributed by atoms with E-state index in [1.54, 1.807) is 29.9 Å². The molecule has 0 amide bonds. The molecule has 6 heterocycles. The van der Waals surface area contributed by atoms with Gasteiger partial charge >= 0.3 is 0 Å². The first kappa shape index (κ1) is 22.7. The number of nitrogens with zero attached hydrogens (tertiary/aromatic N) is 7. The molecule has 6 rings (SSSR count). The van der Waals surface area contributed by atoms with E-state index < -0.39 is 5.60 Å². The number of likely N-dealkylation sites (tertiary alicyclic amines) is 1. The summed E-state index contributed by atoms with van der Waals surface area (Å²) in [5, 5.41) is 13.8. The van der Waals surface area contributed by atoms with E-state index in [2.05, 4.69) is 30.8 Å². The highest BCUT2D eigenvalue weighted by Crippen LogP contribution is 2.37. The summed E-state index contributed by atoms with van der Waals surface area (Å²) in [6, 6.07) is 2.16. The zero-order valence-corrected chi connectivity index (χ0v) is 20.8. The van der Waals surface area contributed by atoms with Crippen molar-refractivity contribution in [3.05, 3.63) is 39.9 Å². The van der Waals surface area contributed by atoms with Crippen LogP contribution >= 0.6 is 22.7 Å². The third-order valence-corrected chi connectivity index (χ3v) is 8.61. The van der Waals surface area contributed by atoms with Gasteiger partial charge in [0.05, 0.1) is 29.0 Å². The Labute approximate surface area is 210 Å². The van der Waals surface area contributed by atoms with Gasteiger partial charge < -0.3 is 20.5 Å². The zero-order chi connectivity index (χ0) is 23.8. The second-order valence-electron chi connectivity index (χ2n) is 8.87. The molecule has 2 saturated heterocycles. The van der Waals surface area contributed by atoms with Crippen LogP contribution in [0.5, 0.6) is 0 Å². The monoisotopic (exact) mass is 510 g/mol. The lowest BCUT2D eigenvalue weighted by Crippen LogP contribution is -2.42. The fraction of sp³-hybridized carbons (Fsp3) is 0.435. The van der Waals surface area contributed by atoms with Crippen molar-refractivity contribution in [3.8, 4) is 11.4 Å². The van der Waals surface area contributed by atoms with Gasteiger partial charge in [-0.2, -0.15) is 0 Å². The molecule has 10 nitrogen and oxygen atoms in total. The Balaban J connectivity index is 1.28. The van der Waals surface area contributed by atoms with Crippen molar-refractivity contribution >= 4 is 44.7 Å². The first-order valence-corrected chi connectivity index (χ1v) is 13.3. The summed E-state index contributed by atoms with van der Waals surface area (Å²) in [6.07, 6.45) is 6.46. The first-order chi connectivity index (χ1) is 17.1. The minimum atomic E-state index is -0.810. The number of ether oxygens (including phenoxy) is 1. The number of rotatable bonds is 5. The van der Waals surface area contributed by atoms with Crippen LogP contribution in [0.3, 0.4) is 0 Å². The fourth-order valence-electron chi connectivity index (χ4n) is 4.58. The molecule has 0 bridgehead atoms. The summed E-state index contributed by atoms with van der Waals surface area (Å²) in [4.78, 5) is 28.3. The van der Waals surface area contributed by atoms with E-state index in [4.69, 9.17) is 20.4 Å². The van der Waals surface area contributed by atoms with Gasteiger partial charge in [0, 0.05) is 61.6 Å². The number of fused-ring (bicyclic) bond motifs is 1. The number of hydrogen-bond donors (Lipinski definition) is 2. The number of thiazole rings is 1. The molecule has 182 valence electrons. The van der Waals surface area contributed by atoms with Crippen LogP contribution in [0.2, 0.25) is 0 Å². The number of nitrogen functional groups attached to an aromatic ring is 1. The van der Waals surface area contributed by atoms with Crippen molar-refractivity contribution in [1.82, 2.24) is 29.8 Å². The number of nitrogens with two attached hydrogens (primary N) is 1. The van der Waals surface area contributed by atoms with E-state index in [0.29, 0.717) is 31.9 Å². The lowest BCUT2D eigenvalue weighted by molar-refractivity contribution is -0.0276. The summed E-state index contributed by atoms with van der Waals surface area (Å²) in [7, 11) is 0. The van der Waals surface area contributed by atoms with Gasteiger partial charge in [0.25, 0.3) is 0 Å². The van der Waals surface area contributed by atoms with Gasteiger partial charge in [-0.25, -0.2) is 24.9 Å². The highest BCUT2D eigenvalue weighted by Gasteiger charge is 2.36. The van der Waals surface area contributed by atoms with Crippen molar-refractivity contribution in [3.63, 3.8) is 0 Å². The number of morpholine rings is 1. The molecule has 3 N–H and O–H groups in total. The summed E-state index contributed by atoms with van der Waals surface area (Å²) < 4.78 is 6.65. The van der Waals surface area contributed by atoms with Crippen LogP contribution in [0.1, 0.15) is 22.7 Å². The van der Waals surface area contributed by atoms with E-state index in [1.807, 2.05) is 5.38 Å². The molecular weight excluding hydrogens is 484 g/mol. The molecule has 4 aromatic heterocycles. The van der Waals surface area contributed by atoms with Crippen LogP contribution in [-0.4, -0.2) is 74.3 Å². The third-order valence-electron chi connectivity index (χ3n) is 6.54. The van der Waals surface area contributed by atoms with Gasteiger partial charge in [0.15, 0.2) is 11.6 Å². The van der Waals surface area contributed by atoms with E-state index in [1.165, 1.54) is 16.2 Å². The van der Waals surface area contributed by atoms with Crippen molar-refractivity contribution < 1.29 is 9.84 Å². The van der Waals surface area contributed by atoms with Crippen molar-refractivity contribution in [2.45, 2.75) is 25.0 Å². The predicted octanol–water partition coefficient (Wildman–Crippen LogP) is 2.51. The molecule has 0 atom stereocenters. The second kappa shape index (κ2) is 9.36. The summed E-state index contributed by atoms with van der Waals surface area (Å²) in [5.41, 5.74) is 6.52. The normalized spacial score (nSPS) is 18.8. The van der Waals surface area contributed by atoms with Crippen LogP contribution in [-0.2, 0) is 16.9 Å². The average Bonchev–Trinajstić information content (AvgIpc) is 3.57. The Morgan fingerprint density at radius 1 is 1.06 bits per heavy atom. The standard InChI is InChI=1S/C23H26N8O2S2/c24-22-26-12-15(13-27-22)19-28-17-11-16(35-18(17)20(29-19)31-6-8-33-9-7-31)14-30-4-1-23(32,2-5-30)21-25-3-10-34-21/h3,10-13,32H,1-2,4-9,14H2,(H2,24,26,27). The van der Waals surface area contributed by atoms with Crippen molar-refractivity contribution in [1.29, 1.82) is 0 Å². The molecular formula is C23H26N8O2S2. The molecule has 12 heteroatoms. The quantitative estimate of drug-likeness (QED) is 0.413. The van der Waals surface area contributed by atoms with Crippen LogP contribution in [0.25, 0.3) is 21.6 Å². The lowest BCUT2D eigenvalue weighted by atomic mass is 9.92. The SMILES string of the molecule is Nc1ncc(-c2nc(N3CCOCC3)c3sc(CN4CCC(O)(c5nccs5)CC4)cc3n2)cn1. The van der Waals surface area contributed by atoms with Crippen LogP contribution in [0.4, 0.5) is 11.8 Å². The van der Waals surface area contributed by atoms with Crippen LogP contribution in [0, 0.1) is 0 Å². The zero-order valence-electron chi connectivity index (χ0n) is 19.1. The number of piperidine rings is 1. The van der Waals surface area contributed by atoms with Gasteiger partial charge in [-0.3, -0.25) is 4.90 Å². The fourth-order valence-corrected chi connectivity index (χ4v) is 6.53. The molecule has 0 aliphatic carbocycles. The Hall–Kier alpha value is -2.77. The Bertz CT molecular complexity index is 1300. The Morgan fingerprint density at radius 3 is 2.54 bits per heavy atom. The van der Waals surface area contributed by atoms with E-state index >= 15 is 0 Å². The molecule has 2 aliphatic heterocycles. The van der Waals surface area contributed by atoms with Crippen LogP contribution in [0.15, 0.2) is 30.0 Å². The molecule has 0 saturated carbocycles. The third kappa shape index (κ3) is 4.59. The van der Waals surface area contributed by atoms with Gasteiger partial charge in [-0.15, -0.1) is 22.7 Å². The maximum atomic E-state index is 11.0. The predicted molar refractivity (Wildman–Crippen MR) is 136 cm³/mol. The number of hydrogen-bond acceptors (Lipinski definition) is 12. The lowest BCUT2D eigenvalue weighted by Gasteiger charge is -2.36. The highest BCUT2D eigenvalue weighted by molar-refractivity contribution is 7.19. The molecule has 0 aromatic carbocycles. The van der Waals surface area contributed by atoms with Gasteiger partial charge in [0.2, 0.25) is 5.95 Å². The van der Waals surface area contributed by atoms with Gasteiger partial charge in [-0.05, 0) is 18.9 Å². The largest absolute Gasteiger partial charge is 0.383 e. The number of aliphatic hydroxyl groups is 1. The minimum Gasteiger partial charge on any atom is -0.383 e. The maximum absolute atomic E-state index is 11.0. The summed E-state index contributed by atoms with van der Waals surface area (Å²) in [5.74, 6) is 1.75. The molecule has 0 radical (unpaired) electrons. The number of aromatic nitrogens is 5. The van der Waals surface area contributed by atoms with E-state index in [-0.39, 0.29) is 5.95 Å². The molecule has 35 heavy (non-hydrogen) atoms. The number of anilines is 2. The van der Waals surface area contributed by atoms with E-state index in [0.717, 1.165) is 59.3 Å². The highest BCUT2D eigenvalue weighted by atomic mass is 32.1.